The molecule has 5 nitrogen and oxygen atoms in total. The molecule has 0 bridgehead atoms. The molecule has 0 amide bonds. The van der Waals surface area contributed by atoms with Gasteiger partial charge in [-0.2, -0.15) is 0 Å². The molecular weight excluding hydrogens is 165 g/mol. The molecule has 0 saturated heterocycles. The first-order chi connectivity index (χ1) is 5.74. The van der Waals surface area contributed by atoms with Crippen LogP contribution in [-0.2, 0) is 11.8 Å². The van der Waals surface area contributed by atoms with Crippen LogP contribution in [0.25, 0.3) is 0 Å². The number of hydrogen-bond donors (Lipinski definition) is 0. The average Bonchev–Trinajstić information content (AvgIpc) is 2.47. The number of aromatic nitrogens is 3. The van der Waals surface area contributed by atoms with E-state index in [0.29, 0.717) is 0 Å². The highest BCUT2D eigenvalue weighted by atomic mass is 19.1. The molecule has 0 fully saturated rings. The lowest BCUT2D eigenvalue weighted by Crippen LogP contribution is -2.07. The topological polar surface area (TPSA) is 57.0 Å². The number of hydrogen-bond acceptors (Lipinski definition) is 4. The van der Waals surface area contributed by atoms with Crippen molar-refractivity contribution in [2.24, 2.45) is 7.05 Å². The van der Waals surface area contributed by atoms with Gasteiger partial charge < -0.3 is 4.74 Å². The predicted molar refractivity (Wildman–Crippen MR) is 37.3 cm³/mol. The summed E-state index contributed by atoms with van der Waals surface area (Å²) < 4.78 is 17.4. The quantitative estimate of drug-likeness (QED) is 0.601. The van der Waals surface area contributed by atoms with Gasteiger partial charge >= 0.3 is 5.97 Å². The minimum Gasteiger partial charge on any atom is -0.458 e. The lowest BCUT2D eigenvalue weighted by Gasteiger charge is -1.96. The average molecular weight is 173 g/mol. The van der Waals surface area contributed by atoms with E-state index in [-0.39, 0.29) is 12.3 Å². The van der Waals surface area contributed by atoms with Crippen molar-refractivity contribution in [3.05, 3.63) is 11.9 Å². The molecule has 0 atom stereocenters. The molecule has 0 unspecified atom stereocenters. The Morgan fingerprint density at radius 3 is 3.08 bits per heavy atom. The number of nitrogens with zero attached hydrogens (tertiary/aromatic N) is 3. The van der Waals surface area contributed by atoms with E-state index in [4.69, 9.17) is 0 Å². The molecule has 6 heteroatoms. The number of alkyl halides is 1. The third-order valence-corrected chi connectivity index (χ3v) is 1.12. The van der Waals surface area contributed by atoms with Gasteiger partial charge in [-0.05, 0) is 0 Å². The Bertz CT molecular complexity index is 274. The Hall–Kier alpha value is -1.46. The monoisotopic (exact) mass is 173 g/mol. The minimum atomic E-state index is -0.688. The number of carbonyl (C=O) groups is 1. The molecule has 0 N–H and O–H groups in total. The first-order valence-electron chi connectivity index (χ1n) is 3.33. The zero-order chi connectivity index (χ0) is 8.97. The third kappa shape index (κ3) is 2.01. The fourth-order valence-corrected chi connectivity index (χ4v) is 0.646. The summed E-state index contributed by atoms with van der Waals surface area (Å²) in [6.45, 7) is -0.929. The summed E-state index contributed by atoms with van der Waals surface area (Å²) in [5.41, 5.74) is 0.0888. The maximum Gasteiger partial charge on any atom is 0.360 e. The van der Waals surface area contributed by atoms with Crippen LogP contribution in [0, 0.1) is 0 Å². The second-order valence-electron chi connectivity index (χ2n) is 2.10. The van der Waals surface area contributed by atoms with E-state index in [9.17, 15) is 9.18 Å². The summed E-state index contributed by atoms with van der Waals surface area (Å²) in [5.74, 6) is -0.652. The number of esters is 1. The normalized spacial score (nSPS) is 9.83. The van der Waals surface area contributed by atoms with E-state index < -0.39 is 12.6 Å². The van der Waals surface area contributed by atoms with Gasteiger partial charge in [-0.3, -0.25) is 4.68 Å². The van der Waals surface area contributed by atoms with Gasteiger partial charge in [0.15, 0.2) is 5.69 Å². The Morgan fingerprint density at radius 1 is 1.83 bits per heavy atom. The van der Waals surface area contributed by atoms with Crippen LogP contribution in [0.2, 0.25) is 0 Å². The van der Waals surface area contributed by atoms with Crippen LogP contribution in [0.4, 0.5) is 4.39 Å². The largest absolute Gasteiger partial charge is 0.458 e. The third-order valence-electron chi connectivity index (χ3n) is 1.12. The van der Waals surface area contributed by atoms with Crippen molar-refractivity contribution in [1.29, 1.82) is 0 Å². The molecule has 0 aromatic carbocycles. The van der Waals surface area contributed by atoms with Gasteiger partial charge in [0.05, 0.1) is 6.20 Å². The van der Waals surface area contributed by atoms with Crippen LogP contribution < -0.4 is 0 Å². The molecule has 0 aliphatic heterocycles. The molecule has 1 rings (SSSR count). The summed E-state index contributed by atoms with van der Waals surface area (Å²) in [5, 5.41) is 7.00. The highest BCUT2D eigenvalue weighted by Crippen LogP contribution is 1.94. The predicted octanol–water partition coefficient (Wildman–Crippen LogP) is -0.0586. The second-order valence-corrected chi connectivity index (χ2v) is 2.10. The standard InChI is InChI=1S/C6H8FN3O2/c1-10-4-5(8-9-10)6(11)12-3-2-7/h4H,2-3H2,1H3. The van der Waals surface area contributed by atoms with Crippen LogP contribution in [0.3, 0.4) is 0 Å². The van der Waals surface area contributed by atoms with Crippen molar-refractivity contribution in [3.63, 3.8) is 0 Å². The smallest absolute Gasteiger partial charge is 0.360 e. The molecule has 0 radical (unpaired) electrons. The van der Waals surface area contributed by atoms with E-state index in [0.717, 1.165) is 0 Å². The van der Waals surface area contributed by atoms with Crippen molar-refractivity contribution < 1.29 is 13.9 Å². The van der Waals surface area contributed by atoms with E-state index in [2.05, 4.69) is 15.0 Å². The molecule has 1 aromatic rings. The van der Waals surface area contributed by atoms with Gasteiger partial charge in [-0.15, -0.1) is 5.10 Å². The maximum atomic E-state index is 11.6. The van der Waals surface area contributed by atoms with E-state index in [1.807, 2.05) is 0 Å². The molecule has 0 aliphatic rings. The minimum absolute atomic E-state index is 0.0888. The number of carbonyl (C=O) groups excluding carboxylic acids is 1. The lowest BCUT2D eigenvalue weighted by molar-refractivity contribution is 0.0474. The molecule has 0 saturated carbocycles. The van der Waals surface area contributed by atoms with Gasteiger partial charge in [0.2, 0.25) is 0 Å². The van der Waals surface area contributed by atoms with Crippen LogP contribution in [0.1, 0.15) is 10.5 Å². The Labute approximate surface area is 68.1 Å². The summed E-state index contributed by atoms with van der Waals surface area (Å²) >= 11 is 0. The summed E-state index contributed by atoms with van der Waals surface area (Å²) in [6, 6.07) is 0. The van der Waals surface area contributed by atoms with Gasteiger partial charge in [-0.1, -0.05) is 5.21 Å². The summed E-state index contributed by atoms with van der Waals surface area (Å²) in [4.78, 5) is 10.9. The Kier molecular flexibility index (Phi) is 2.73. The number of rotatable bonds is 3. The number of halogens is 1. The van der Waals surface area contributed by atoms with Gasteiger partial charge in [0.1, 0.15) is 13.3 Å². The van der Waals surface area contributed by atoms with Gasteiger partial charge in [-0.25, -0.2) is 9.18 Å². The van der Waals surface area contributed by atoms with Crippen LogP contribution in [-0.4, -0.2) is 34.2 Å². The lowest BCUT2D eigenvalue weighted by atomic mass is 10.5. The second kappa shape index (κ2) is 3.80. The zero-order valence-electron chi connectivity index (χ0n) is 6.53. The van der Waals surface area contributed by atoms with E-state index >= 15 is 0 Å². The molecule has 1 aromatic heterocycles. The van der Waals surface area contributed by atoms with Crippen LogP contribution in [0.15, 0.2) is 6.20 Å². The van der Waals surface area contributed by atoms with E-state index in [1.165, 1.54) is 10.9 Å². The highest BCUT2D eigenvalue weighted by Gasteiger charge is 2.10. The molecule has 0 spiro atoms. The van der Waals surface area contributed by atoms with Crippen molar-refractivity contribution in [2.45, 2.75) is 0 Å². The van der Waals surface area contributed by atoms with E-state index in [1.54, 1.807) is 7.05 Å². The molecule has 1 heterocycles. The Balaban J connectivity index is 2.53. The van der Waals surface area contributed by atoms with Crippen molar-refractivity contribution in [1.82, 2.24) is 15.0 Å². The Morgan fingerprint density at radius 2 is 2.58 bits per heavy atom. The first kappa shape index (κ1) is 8.63. The number of aryl methyl sites for hydroxylation is 1. The van der Waals surface area contributed by atoms with Crippen molar-refractivity contribution >= 4 is 5.97 Å². The molecule has 66 valence electrons. The SMILES string of the molecule is Cn1cc(C(=O)OCCF)nn1. The highest BCUT2D eigenvalue weighted by molar-refractivity contribution is 5.86. The fraction of sp³-hybridized carbons (Fsp3) is 0.500. The first-order valence-corrected chi connectivity index (χ1v) is 3.33. The summed E-state index contributed by atoms with van der Waals surface area (Å²) in [7, 11) is 1.62. The van der Waals surface area contributed by atoms with Crippen molar-refractivity contribution in [3.8, 4) is 0 Å². The molecular formula is C6H8FN3O2. The summed E-state index contributed by atoms with van der Waals surface area (Å²) in [6.07, 6.45) is 1.40. The fourth-order valence-electron chi connectivity index (χ4n) is 0.646. The van der Waals surface area contributed by atoms with Crippen LogP contribution in [0.5, 0.6) is 0 Å². The number of ether oxygens (including phenoxy) is 1. The maximum absolute atomic E-state index is 11.6. The van der Waals surface area contributed by atoms with Gasteiger partial charge in [0, 0.05) is 7.05 Å². The molecule has 12 heavy (non-hydrogen) atoms. The zero-order valence-corrected chi connectivity index (χ0v) is 6.53. The molecule has 0 aliphatic carbocycles. The van der Waals surface area contributed by atoms with Crippen LogP contribution >= 0.6 is 0 Å². The van der Waals surface area contributed by atoms with Crippen molar-refractivity contribution in [2.75, 3.05) is 13.3 Å². The van der Waals surface area contributed by atoms with Gasteiger partial charge in [0.25, 0.3) is 0 Å².